The van der Waals surface area contributed by atoms with E-state index in [4.69, 9.17) is 24.3 Å². The van der Waals surface area contributed by atoms with Gasteiger partial charge in [0.1, 0.15) is 6.61 Å². The number of phosphoric acid groups is 1. The summed E-state index contributed by atoms with van der Waals surface area (Å²) in [6.07, 6.45) is 39.1. The first-order valence-corrected chi connectivity index (χ1v) is 22.3. The molecule has 9 nitrogen and oxygen atoms in total. The Morgan fingerprint density at radius 1 is 0.588 bits per heavy atom. The number of unbranched alkanes of at least 4 members (excludes halogenated alkanes) is 22. The Kier molecular flexibility index (Phi) is 37.1. The van der Waals surface area contributed by atoms with Gasteiger partial charge in [-0.15, -0.1) is 0 Å². The molecule has 0 fully saturated rings. The van der Waals surface area contributed by atoms with Gasteiger partial charge in [-0.2, -0.15) is 0 Å². The number of carbonyl (C=O) groups excluding carboxylic acids is 2. The van der Waals surface area contributed by atoms with E-state index < -0.39 is 26.5 Å². The van der Waals surface area contributed by atoms with E-state index in [0.717, 1.165) is 51.4 Å². The molecule has 0 aliphatic rings. The van der Waals surface area contributed by atoms with Gasteiger partial charge in [0.05, 0.1) is 13.2 Å². The molecule has 0 aromatic rings. The molecule has 0 aliphatic carbocycles. The van der Waals surface area contributed by atoms with E-state index in [2.05, 4.69) is 38.2 Å². The van der Waals surface area contributed by atoms with E-state index in [0.29, 0.717) is 6.42 Å². The quantitative estimate of drug-likeness (QED) is 0.0273. The molecule has 0 spiro atoms. The average Bonchev–Trinajstić information content (AvgIpc) is 3.11. The zero-order valence-electron chi connectivity index (χ0n) is 32.8. The van der Waals surface area contributed by atoms with Crippen molar-refractivity contribution in [3.8, 4) is 0 Å². The Balaban J connectivity index is 4.16. The maximum atomic E-state index is 12.5. The van der Waals surface area contributed by atoms with Gasteiger partial charge in [-0.3, -0.25) is 18.6 Å². The van der Waals surface area contributed by atoms with Crippen molar-refractivity contribution in [2.45, 2.75) is 200 Å². The zero-order valence-corrected chi connectivity index (χ0v) is 33.7. The van der Waals surface area contributed by atoms with Crippen LogP contribution in [0, 0.1) is 0 Å². The fourth-order valence-electron chi connectivity index (χ4n) is 5.72. The number of hydrogen-bond donors (Lipinski definition) is 2. The van der Waals surface area contributed by atoms with Crippen LogP contribution in [0.15, 0.2) is 24.3 Å². The molecule has 0 aromatic carbocycles. The molecule has 0 bridgehead atoms. The van der Waals surface area contributed by atoms with E-state index >= 15 is 0 Å². The molecule has 3 N–H and O–H groups in total. The first-order valence-electron chi connectivity index (χ1n) is 20.8. The number of esters is 2. The van der Waals surface area contributed by atoms with Gasteiger partial charge < -0.3 is 20.1 Å². The Morgan fingerprint density at radius 3 is 1.53 bits per heavy atom. The predicted octanol–water partition coefficient (Wildman–Crippen LogP) is 11.6. The van der Waals surface area contributed by atoms with Gasteiger partial charge in [0.15, 0.2) is 6.10 Å². The molecule has 0 rings (SSSR count). The highest BCUT2D eigenvalue weighted by atomic mass is 31.2. The van der Waals surface area contributed by atoms with Crippen molar-refractivity contribution in [2.75, 3.05) is 26.4 Å². The minimum Gasteiger partial charge on any atom is -0.462 e. The number of nitrogens with two attached hydrogens (primary N) is 1. The van der Waals surface area contributed by atoms with Crippen LogP contribution in [0.1, 0.15) is 194 Å². The van der Waals surface area contributed by atoms with Crippen LogP contribution in [0.3, 0.4) is 0 Å². The highest BCUT2D eigenvalue weighted by molar-refractivity contribution is 7.47. The summed E-state index contributed by atoms with van der Waals surface area (Å²) >= 11 is 0. The number of rotatable bonds is 39. The monoisotopic (exact) mass is 744 g/mol. The Bertz CT molecular complexity index is 897. The van der Waals surface area contributed by atoms with Crippen molar-refractivity contribution in [3.05, 3.63) is 24.3 Å². The third-order valence-electron chi connectivity index (χ3n) is 8.84. The van der Waals surface area contributed by atoms with Crippen molar-refractivity contribution in [2.24, 2.45) is 5.73 Å². The lowest BCUT2D eigenvalue weighted by Gasteiger charge is -2.19. The number of allylic oxidation sites excluding steroid dienone is 4. The molecule has 51 heavy (non-hydrogen) atoms. The highest BCUT2D eigenvalue weighted by Gasteiger charge is 2.26. The van der Waals surface area contributed by atoms with Crippen LogP contribution in [0.2, 0.25) is 0 Å². The summed E-state index contributed by atoms with van der Waals surface area (Å²) in [5, 5.41) is 0. The third-order valence-corrected chi connectivity index (χ3v) is 9.82. The van der Waals surface area contributed by atoms with Crippen molar-refractivity contribution >= 4 is 19.8 Å². The lowest BCUT2D eigenvalue weighted by molar-refractivity contribution is -0.161. The second-order valence-corrected chi connectivity index (χ2v) is 15.3. The lowest BCUT2D eigenvalue weighted by atomic mass is 10.0. The molecule has 0 heterocycles. The molecule has 0 saturated heterocycles. The average molecular weight is 744 g/mol. The van der Waals surface area contributed by atoms with Gasteiger partial charge in [0, 0.05) is 19.4 Å². The Hall–Kier alpha value is -1.51. The molecule has 0 radical (unpaired) electrons. The van der Waals surface area contributed by atoms with E-state index in [-0.39, 0.29) is 38.6 Å². The summed E-state index contributed by atoms with van der Waals surface area (Å²) in [5.74, 6) is -0.832. The van der Waals surface area contributed by atoms with Gasteiger partial charge in [-0.05, 0) is 44.9 Å². The molecular weight excluding hydrogens is 665 g/mol. The second kappa shape index (κ2) is 38.2. The molecule has 0 aromatic heterocycles. The maximum absolute atomic E-state index is 12.5. The van der Waals surface area contributed by atoms with Crippen molar-refractivity contribution in [3.63, 3.8) is 0 Å². The molecule has 0 amide bonds. The number of carbonyl (C=O) groups is 2. The van der Waals surface area contributed by atoms with Gasteiger partial charge in [0.2, 0.25) is 0 Å². The van der Waals surface area contributed by atoms with Crippen LogP contribution in [-0.4, -0.2) is 49.3 Å². The van der Waals surface area contributed by atoms with E-state index in [1.54, 1.807) is 0 Å². The third kappa shape index (κ3) is 38.0. The van der Waals surface area contributed by atoms with E-state index in [1.165, 1.54) is 109 Å². The van der Waals surface area contributed by atoms with Crippen molar-refractivity contribution < 1.29 is 37.6 Å². The van der Waals surface area contributed by atoms with Gasteiger partial charge in [0.25, 0.3) is 0 Å². The number of hydrogen-bond acceptors (Lipinski definition) is 8. The highest BCUT2D eigenvalue weighted by Crippen LogP contribution is 2.43. The fourth-order valence-corrected chi connectivity index (χ4v) is 6.49. The topological polar surface area (TPSA) is 134 Å². The van der Waals surface area contributed by atoms with Crippen LogP contribution < -0.4 is 5.73 Å². The minimum absolute atomic E-state index is 0.0538. The summed E-state index contributed by atoms with van der Waals surface area (Å²) < 4.78 is 32.7. The van der Waals surface area contributed by atoms with Gasteiger partial charge >= 0.3 is 19.8 Å². The second-order valence-electron chi connectivity index (χ2n) is 13.9. The Morgan fingerprint density at radius 2 is 1.02 bits per heavy atom. The van der Waals surface area contributed by atoms with Crippen molar-refractivity contribution in [1.82, 2.24) is 0 Å². The SMILES string of the molecule is CCCCC/C=C/C/C=C/CCCCCCCCCC(=O)OC[C@H](COP(=O)(O)OCCN)OC(=O)CCCCCCCCCCCCCCC. The summed E-state index contributed by atoms with van der Waals surface area (Å²) in [7, 11) is -4.37. The molecule has 1 unspecified atom stereocenters. The number of ether oxygens (including phenoxy) is 2. The first-order chi connectivity index (χ1) is 24.8. The Labute approximate surface area is 312 Å². The first kappa shape index (κ1) is 49.5. The number of phosphoric ester groups is 1. The van der Waals surface area contributed by atoms with Gasteiger partial charge in [-0.1, -0.05) is 160 Å². The molecule has 300 valence electrons. The lowest BCUT2D eigenvalue weighted by Crippen LogP contribution is -2.29. The largest absolute Gasteiger partial charge is 0.472 e. The predicted molar refractivity (Wildman–Crippen MR) is 211 cm³/mol. The summed E-state index contributed by atoms with van der Waals surface area (Å²) in [6.45, 7) is 3.70. The van der Waals surface area contributed by atoms with E-state index in [9.17, 15) is 19.0 Å². The van der Waals surface area contributed by atoms with Crippen LogP contribution >= 0.6 is 7.82 Å². The molecule has 10 heteroatoms. The molecular formula is C41H78NO8P. The van der Waals surface area contributed by atoms with Gasteiger partial charge in [-0.25, -0.2) is 4.57 Å². The van der Waals surface area contributed by atoms with Crippen LogP contribution in [-0.2, 0) is 32.7 Å². The molecule has 0 aliphatic heterocycles. The van der Waals surface area contributed by atoms with Crippen LogP contribution in [0.4, 0.5) is 0 Å². The normalized spacial score (nSPS) is 13.6. The maximum Gasteiger partial charge on any atom is 0.472 e. The molecule has 0 saturated carbocycles. The smallest absolute Gasteiger partial charge is 0.462 e. The zero-order chi connectivity index (χ0) is 37.5. The van der Waals surface area contributed by atoms with Crippen LogP contribution in [0.25, 0.3) is 0 Å². The molecule has 2 atom stereocenters. The minimum atomic E-state index is -4.37. The van der Waals surface area contributed by atoms with Crippen LogP contribution in [0.5, 0.6) is 0 Å². The summed E-state index contributed by atoms with van der Waals surface area (Å²) in [5.41, 5.74) is 5.34. The van der Waals surface area contributed by atoms with Crippen molar-refractivity contribution in [1.29, 1.82) is 0 Å². The fraction of sp³-hybridized carbons (Fsp3) is 0.854. The summed E-state index contributed by atoms with van der Waals surface area (Å²) in [6, 6.07) is 0. The summed E-state index contributed by atoms with van der Waals surface area (Å²) in [4.78, 5) is 34.8. The van der Waals surface area contributed by atoms with E-state index in [1.807, 2.05) is 0 Å². The standard InChI is InChI=1S/C41H78NO8P/c1-3-5-7-9-11-13-15-17-18-19-20-22-23-25-27-29-31-33-40(43)47-37-39(38-49-51(45,46)48-36-35-42)50-41(44)34-32-30-28-26-24-21-16-14-12-10-8-6-4-2/h11,13,17-18,39H,3-10,12,14-16,19-38,42H2,1-2H3,(H,45,46)/b13-11+,18-17+/t39-/m1/s1.